The number of aliphatic carboxylic acids is 1. The zero-order valence-corrected chi connectivity index (χ0v) is 15.6. The number of benzene rings is 1. The van der Waals surface area contributed by atoms with Crippen LogP contribution in [0.15, 0.2) is 48.1 Å². The maximum Gasteiger partial charge on any atom is 0.328 e. The first-order valence-corrected chi connectivity index (χ1v) is 8.44. The van der Waals surface area contributed by atoms with Crippen LogP contribution in [0.4, 0.5) is 0 Å². The van der Waals surface area contributed by atoms with Crippen LogP contribution in [0.25, 0.3) is 5.57 Å². The third kappa shape index (κ3) is 3.87. The monoisotopic (exact) mass is 324 g/mol. The number of carbonyl (C=O) groups is 1. The van der Waals surface area contributed by atoms with Crippen LogP contribution in [0.3, 0.4) is 0 Å². The molecule has 0 bridgehead atoms. The molecule has 128 valence electrons. The van der Waals surface area contributed by atoms with E-state index in [1.807, 2.05) is 18.2 Å². The average Bonchev–Trinajstić information content (AvgIpc) is 2.62. The van der Waals surface area contributed by atoms with Crippen molar-refractivity contribution in [3.63, 3.8) is 0 Å². The molecule has 1 aromatic carbocycles. The Hall–Kier alpha value is -2.09. The van der Waals surface area contributed by atoms with Gasteiger partial charge >= 0.3 is 5.97 Å². The normalized spacial score (nSPS) is 19.6. The molecule has 0 atom stereocenters. The van der Waals surface area contributed by atoms with Crippen LogP contribution in [0.1, 0.15) is 64.7 Å². The highest BCUT2D eigenvalue weighted by Gasteiger charge is 2.41. The third-order valence-electron chi connectivity index (χ3n) is 4.87. The molecule has 0 saturated carbocycles. The molecular formula is C22H28O2. The van der Waals surface area contributed by atoms with Crippen LogP contribution < -0.4 is 0 Å². The summed E-state index contributed by atoms with van der Waals surface area (Å²) in [5.41, 5.74) is 6.47. The van der Waals surface area contributed by atoms with Gasteiger partial charge < -0.3 is 5.11 Å². The minimum atomic E-state index is -0.915. The molecule has 2 rings (SSSR count). The van der Waals surface area contributed by atoms with Crippen molar-refractivity contribution in [2.75, 3.05) is 0 Å². The van der Waals surface area contributed by atoms with Gasteiger partial charge in [-0.15, -0.1) is 0 Å². The van der Waals surface area contributed by atoms with E-state index in [9.17, 15) is 4.79 Å². The number of carboxylic acids is 1. The van der Waals surface area contributed by atoms with Crippen molar-refractivity contribution >= 4 is 11.5 Å². The van der Waals surface area contributed by atoms with Crippen LogP contribution in [0.5, 0.6) is 0 Å². The lowest BCUT2D eigenvalue weighted by Crippen LogP contribution is -2.17. The van der Waals surface area contributed by atoms with E-state index in [0.717, 1.165) is 5.57 Å². The second kappa shape index (κ2) is 6.43. The molecule has 24 heavy (non-hydrogen) atoms. The predicted molar refractivity (Wildman–Crippen MR) is 101 cm³/mol. The van der Waals surface area contributed by atoms with Crippen molar-refractivity contribution in [1.82, 2.24) is 0 Å². The Labute approximate surface area is 145 Å². The van der Waals surface area contributed by atoms with Gasteiger partial charge in [-0.2, -0.15) is 0 Å². The zero-order chi connectivity index (χ0) is 18.1. The van der Waals surface area contributed by atoms with E-state index in [0.29, 0.717) is 0 Å². The minimum Gasteiger partial charge on any atom is -0.478 e. The summed E-state index contributed by atoms with van der Waals surface area (Å²) in [6.45, 7) is 13.2. The highest BCUT2D eigenvalue weighted by molar-refractivity contribution is 5.81. The Morgan fingerprint density at radius 2 is 1.71 bits per heavy atom. The summed E-state index contributed by atoms with van der Waals surface area (Å²) < 4.78 is 0. The minimum absolute atomic E-state index is 0.200. The van der Waals surface area contributed by atoms with Gasteiger partial charge in [0.2, 0.25) is 0 Å². The zero-order valence-electron chi connectivity index (χ0n) is 15.6. The maximum atomic E-state index is 10.6. The van der Waals surface area contributed by atoms with Gasteiger partial charge in [-0.3, -0.25) is 0 Å². The van der Waals surface area contributed by atoms with Crippen molar-refractivity contribution in [3.05, 3.63) is 64.8 Å². The largest absolute Gasteiger partial charge is 0.478 e. The first kappa shape index (κ1) is 18.3. The second-order valence-corrected chi connectivity index (χ2v) is 8.14. The highest BCUT2D eigenvalue weighted by Crippen LogP contribution is 2.49. The van der Waals surface area contributed by atoms with E-state index < -0.39 is 5.97 Å². The molecule has 2 heteroatoms. The number of fused-ring (bicyclic) bond motifs is 1. The number of allylic oxidation sites excluding steroid dienone is 5. The summed E-state index contributed by atoms with van der Waals surface area (Å²) in [7, 11) is 0. The topological polar surface area (TPSA) is 37.3 Å². The molecule has 0 amide bonds. The van der Waals surface area contributed by atoms with Gasteiger partial charge in [0.1, 0.15) is 0 Å². The van der Waals surface area contributed by atoms with Gasteiger partial charge in [0.05, 0.1) is 0 Å². The summed E-state index contributed by atoms with van der Waals surface area (Å²) in [6, 6.07) is 6.79. The summed E-state index contributed by atoms with van der Waals surface area (Å²) in [5.74, 6) is -0.915. The molecule has 0 unspecified atom stereocenters. The Kier molecular flexibility index (Phi) is 4.89. The standard InChI is InChI=1S/C22H28O2/c1-15(12-20(23)24)8-7-9-16(2)17-10-11-18-19(13-17)22(5,6)14-21(18,3)4/h7-13H,14H2,1-6H3,(H,23,24). The van der Waals surface area contributed by atoms with Gasteiger partial charge in [-0.25, -0.2) is 4.79 Å². The van der Waals surface area contributed by atoms with E-state index in [1.165, 1.54) is 34.8 Å². The molecule has 0 spiro atoms. The summed E-state index contributed by atoms with van der Waals surface area (Å²) in [6.07, 6.45) is 8.14. The van der Waals surface area contributed by atoms with Crippen molar-refractivity contribution in [2.45, 2.75) is 58.8 Å². The quantitative estimate of drug-likeness (QED) is 0.575. The number of carboxylic acid groups (broad SMARTS) is 1. The summed E-state index contributed by atoms with van der Waals surface area (Å²) in [5, 5.41) is 8.73. The van der Waals surface area contributed by atoms with Crippen LogP contribution in [-0.4, -0.2) is 11.1 Å². The Morgan fingerprint density at radius 3 is 2.33 bits per heavy atom. The lowest BCUT2D eigenvalue weighted by molar-refractivity contribution is -0.131. The molecule has 0 heterocycles. The first-order valence-electron chi connectivity index (χ1n) is 8.44. The summed E-state index contributed by atoms with van der Waals surface area (Å²) >= 11 is 0. The molecule has 0 aliphatic heterocycles. The van der Waals surface area contributed by atoms with E-state index in [-0.39, 0.29) is 10.8 Å². The van der Waals surface area contributed by atoms with E-state index in [4.69, 9.17) is 5.11 Å². The number of hydrogen-bond donors (Lipinski definition) is 1. The van der Waals surface area contributed by atoms with Gasteiger partial charge in [0, 0.05) is 6.08 Å². The van der Waals surface area contributed by atoms with Crippen molar-refractivity contribution in [3.8, 4) is 0 Å². The summed E-state index contributed by atoms with van der Waals surface area (Å²) in [4.78, 5) is 10.6. The van der Waals surface area contributed by atoms with E-state index in [2.05, 4.69) is 52.8 Å². The van der Waals surface area contributed by atoms with Crippen molar-refractivity contribution in [1.29, 1.82) is 0 Å². The molecule has 0 aromatic heterocycles. The molecule has 1 aliphatic rings. The second-order valence-electron chi connectivity index (χ2n) is 8.14. The third-order valence-corrected chi connectivity index (χ3v) is 4.87. The smallest absolute Gasteiger partial charge is 0.328 e. The molecule has 0 fully saturated rings. The SMILES string of the molecule is CC(C=CC=C(C)c1ccc2c(c1)C(C)(C)CC2(C)C)=CC(=O)O. The molecule has 1 N–H and O–H groups in total. The van der Waals surface area contributed by atoms with E-state index in [1.54, 1.807) is 6.92 Å². The Bertz CT molecular complexity index is 743. The first-order chi connectivity index (χ1) is 11.0. The maximum absolute atomic E-state index is 10.6. The Morgan fingerprint density at radius 1 is 1.08 bits per heavy atom. The fourth-order valence-corrected chi connectivity index (χ4v) is 3.92. The van der Waals surface area contributed by atoms with E-state index >= 15 is 0 Å². The van der Waals surface area contributed by atoms with Crippen LogP contribution in [-0.2, 0) is 15.6 Å². The van der Waals surface area contributed by atoms with Crippen LogP contribution in [0.2, 0.25) is 0 Å². The fraction of sp³-hybridized carbons (Fsp3) is 0.409. The molecule has 0 saturated heterocycles. The highest BCUT2D eigenvalue weighted by atomic mass is 16.4. The molecule has 1 aliphatic carbocycles. The molecular weight excluding hydrogens is 296 g/mol. The van der Waals surface area contributed by atoms with Gasteiger partial charge in [0.15, 0.2) is 0 Å². The Balaban J connectivity index is 2.30. The van der Waals surface area contributed by atoms with Crippen molar-refractivity contribution < 1.29 is 9.90 Å². The lowest BCUT2D eigenvalue weighted by Gasteiger charge is -2.22. The lowest BCUT2D eigenvalue weighted by atomic mass is 9.82. The van der Waals surface area contributed by atoms with Gasteiger partial charge in [-0.05, 0) is 58.9 Å². The van der Waals surface area contributed by atoms with Crippen LogP contribution in [0, 0.1) is 0 Å². The number of hydrogen-bond acceptors (Lipinski definition) is 1. The fourth-order valence-electron chi connectivity index (χ4n) is 3.92. The predicted octanol–water partition coefficient (Wildman–Crippen LogP) is 5.64. The van der Waals surface area contributed by atoms with Crippen molar-refractivity contribution in [2.24, 2.45) is 0 Å². The van der Waals surface area contributed by atoms with Crippen LogP contribution >= 0.6 is 0 Å². The number of rotatable bonds is 4. The van der Waals surface area contributed by atoms with Gasteiger partial charge in [0.25, 0.3) is 0 Å². The molecule has 1 aromatic rings. The molecule has 2 nitrogen and oxygen atoms in total. The van der Waals surface area contributed by atoms with Gasteiger partial charge in [-0.1, -0.05) is 64.1 Å². The molecule has 0 radical (unpaired) electrons. The average molecular weight is 324 g/mol.